The average Bonchev–Trinajstić information content (AvgIpc) is 2.66. The Labute approximate surface area is 149 Å². The van der Waals surface area contributed by atoms with Gasteiger partial charge in [0.1, 0.15) is 11.6 Å². The van der Waals surface area contributed by atoms with Gasteiger partial charge in [0.25, 0.3) is 5.91 Å². The van der Waals surface area contributed by atoms with Gasteiger partial charge < -0.3 is 15.5 Å². The van der Waals surface area contributed by atoms with Crippen molar-refractivity contribution in [3.8, 4) is 6.07 Å². The number of nitrogens with zero attached hydrogens (tertiary/aromatic N) is 3. The fourth-order valence-electron chi connectivity index (χ4n) is 3.31. The highest BCUT2D eigenvalue weighted by molar-refractivity contribution is 5.97. The van der Waals surface area contributed by atoms with Crippen molar-refractivity contribution >= 4 is 5.91 Å². The van der Waals surface area contributed by atoms with E-state index in [9.17, 15) is 10.1 Å². The van der Waals surface area contributed by atoms with Crippen LogP contribution in [0.25, 0.3) is 0 Å². The number of benzene rings is 1. The Balaban J connectivity index is 1.52. The van der Waals surface area contributed by atoms with E-state index in [1.165, 1.54) is 11.1 Å². The number of nitrogens with one attached hydrogen (secondary N) is 2. The van der Waals surface area contributed by atoms with Crippen LogP contribution in [0.15, 0.2) is 36.0 Å². The van der Waals surface area contributed by atoms with E-state index in [0.717, 1.165) is 52.2 Å². The van der Waals surface area contributed by atoms with Crippen molar-refractivity contribution in [1.29, 1.82) is 5.26 Å². The Kier molecular flexibility index (Phi) is 6.04. The van der Waals surface area contributed by atoms with Crippen molar-refractivity contribution in [2.24, 2.45) is 0 Å². The Morgan fingerprint density at radius 2 is 2.00 bits per heavy atom. The average molecular weight is 339 g/mol. The second-order valence-electron chi connectivity index (χ2n) is 6.49. The van der Waals surface area contributed by atoms with Crippen LogP contribution < -0.4 is 10.6 Å². The van der Waals surface area contributed by atoms with E-state index >= 15 is 0 Å². The molecule has 0 aliphatic carbocycles. The molecule has 1 amide bonds. The summed E-state index contributed by atoms with van der Waals surface area (Å²) < 4.78 is 0. The number of amides is 1. The SMILES string of the molecule is N#C/C(=C/N1CCc2ccccc2C1)C(=O)NCCN1CCNCC1. The van der Waals surface area contributed by atoms with E-state index in [4.69, 9.17) is 0 Å². The van der Waals surface area contributed by atoms with Gasteiger partial charge in [0, 0.05) is 58.6 Å². The van der Waals surface area contributed by atoms with Crippen LogP contribution in [0, 0.1) is 11.3 Å². The summed E-state index contributed by atoms with van der Waals surface area (Å²) in [6.07, 6.45) is 2.64. The second-order valence-corrected chi connectivity index (χ2v) is 6.49. The molecule has 1 saturated heterocycles. The molecule has 2 heterocycles. The van der Waals surface area contributed by atoms with Gasteiger partial charge in [-0.2, -0.15) is 5.26 Å². The first-order valence-corrected chi connectivity index (χ1v) is 8.90. The van der Waals surface area contributed by atoms with Crippen molar-refractivity contribution in [2.45, 2.75) is 13.0 Å². The minimum absolute atomic E-state index is 0.180. The van der Waals surface area contributed by atoms with Gasteiger partial charge in [-0.3, -0.25) is 9.69 Å². The number of carbonyl (C=O) groups is 1. The number of hydrogen-bond acceptors (Lipinski definition) is 5. The van der Waals surface area contributed by atoms with Gasteiger partial charge in [-0.05, 0) is 17.5 Å². The molecule has 6 nitrogen and oxygen atoms in total. The zero-order chi connectivity index (χ0) is 17.5. The summed E-state index contributed by atoms with van der Waals surface area (Å²) in [7, 11) is 0. The van der Waals surface area contributed by atoms with Crippen LogP contribution in [-0.2, 0) is 17.8 Å². The molecule has 1 fully saturated rings. The maximum atomic E-state index is 12.3. The third-order valence-corrected chi connectivity index (χ3v) is 4.76. The zero-order valence-electron chi connectivity index (χ0n) is 14.5. The van der Waals surface area contributed by atoms with Gasteiger partial charge in [0.05, 0.1) is 0 Å². The normalized spacial score (nSPS) is 18.4. The third kappa shape index (κ3) is 4.81. The summed E-state index contributed by atoms with van der Waals surface area (Å²) in [6, 6.07) is 10.4. The number of fused-ring (bicyclic) bond motifs is 1. The maximum absolute atomic E-state index is 12.3. The van der Waals surface area contributed by atoms with Gasteiger partial charge in [0.15, 0.2) is 0 Å². The predicted octanol–water partition coefficient (Wildman–Crippen LogP) is 0.474. The lowest BCUT2D eigenvalue weighted by atomic mass is 10.0. The van der Waals surface area contributed by atoms with Crippen LogP contribution in [0.2, 0.25) is 0 Å². The van der Waals surface area contributed by atoms with Crippen molar-refractivity contribution in [1.82, 2.24) is 20.4 Å². The number of rotatable bonds is 5. The number of hydrogen-bond donors (Lipinski definition) is 2. The van der Waals surface area contributed by atoms with E-state index in [2.05, 4.69) is 38.6 Å². The van der Waals surface area contributed by atoms with Crippen molar-refractivity contribution in [2.75, 3.05) is 45.8 Å². The molecule has 25 heavy (non-hydrogen) atoms. The molecule has 3 rings (SSSR count). The molecule has 0 saturated carbocycles. The van der Waals surface area contributed by atoms with E-state index in [1.807, 2.05) is 12.1 Å². The summed E-state index contributed by atoms with van der Waals surface area (Å²) >= 11 is 0. The van der Waals surface area contributed by atoms with Crippen LogP contribution in [0.4, 0.5) is 0 Å². The highest BCUT2D eigenvalue weighted by Gasteiger charge is 2.16. The molecule has 0 bridgehead atoms. The Bertz CT molecular complexity index is 673. The number of nitriles is 1. The van der Waals surface area contributed by atoms with E-state index in [0.29, 0.717) is 6.54 Å². The third-order valence-electron chi connectivity index (χ3n) is 4.76. The first-order chi connectivity index (χ1) is 12.3. The molecule has 2 aliphatic heterocycles. The molecule has 0 spiro atoms. The van der Waals surface area contributed by atoms with Crippen LogP contribution in [-0.4, -0.2) is 61.5 Å². The van der Waals surface area contributed by atoms with Gasteiger partial charge in [0.2, 0.25) is 0 Å². The van der Waals surface area contributed by atoms with Crippen molar-refractivity contribution in [3.63, 3.8) is 0 Å². The smallest absolute Gasteiger partial charge is 0.263 e. The lowest BCUT2D eigenvalue weighted by molar-refractivity contribution is -0.117. The molecule has 132 valence electrons. The highest BCUT2D eigenvalue weighted by Crippen LogP contribution is 2.19. The quantitative estimate of drug-likeness (QED) is 0.603. The summed E-state index contributed by atoms with van der Waals surface area (Å²) in [5, 5.41) is 15.5. The van der Waals surface area contributed by atoms with E-state index in [-0.39, 0.29) is 11.5 Å². The lowest BCUT2D eigenvalue weighted by Crippen LogP contribution is -2.46. The van der Waals surface area contributed by atoms with Crippen LogP contribution in [0.5, 0.6) is 0 Å². The zero-order valence-corrected chi connectivity index (χ0v) is 14.5. The largest absolute Gasteiger partial charge is 0.371 e. The summed E-state index contributed by atoms with van der Waals surface area (Å²) in [5.74, 6) is -0.281. The molecular formula is C19H25N5O. The monoisotopic (exact) mass is 339 g/mol. The Morgan fingerprint density at radius 1 is 1.24 bits per heavy atom. The van der Waals surface area contributed by atoms with Crippen molar-refractivity contribution < 1.29 is 4.79 Å². The first-order valence-electron chi connectivity index (χ1n) is 8.90. The van der Waals surface area contributed by atoms with E-state index in [1.54, 1.807) is 6.20 Å². The molecule has 2 aliphatic rings. The number of carbonyl (C=O) groups excluding carboxylic acids is 1. The Morgan fingerprint density at radius 3 is 2.76 bits per heavy atom. The minimum Gasteiger partial charge on any atom is -0.371 e. The van der Waals surface area contributed by atoms with Gasteiger partial charge in [-0.25, -0.2) is 0 Å². The van der Waals surface area contributed by atoms with Crippen LogP contribution in [0.1, 0.15) is 11.1 Å². The van der Waals surface area contributed by atoms with Crippen LogP contribution >= 0.6 is 0 Å². The first kappa shape index (κ1) is 17.5. The second kappa shape index (κ2) is 8.65. The molecule has 0 radical (unpaired) electrons. The summed E-state index contributed by atoms with van der Waals surface area (Å²) in [5.41, 5.74) is 2.80. The molecule has 1 aromatic rings. The molecule has 2 N–H and O–H groups in total. The van der Waals surface area contributed by atoms with Crippen LogP contribution in [0.3, 0.4) is 0 Å². The van der Waals surface area contributed by atoms with Gasteiger partial charge >= 0.3 is 0 Å². The molecule has 0 unspecified atom stereocenters. The maximum Gasteiger partial charge on any atom is 0.263 e. The standard InChI is InChI=1S/C19H25N5O/c20-13-18(19(25)22-8-12-23-10-6-21-7-11-23)15-24-9-5-16-3-1-2-4-17(16)14-24/h1-4,15,21H,5-12,14H2,(H,22,25)/b18-15-. The molecular weight excluding hydrogens is 314 g/mol. The lowest BCUT2D eigenvalue weighted by Gasteiger charge is -2.28. The fraction of sp³-hybridized carbons (Fsp3) is 0.474. The minimum atomic E-state index is -0.281. The predicted molar refractivity (Wildman–Crippen MR) is 96.6 cm³/mol. The fourth-order valence-corrected chi connectivity index (χ4v) is 3.31. The van der Waals surface area contributed by atoms with Crippen molar-refractivity contribution in [3.05, 3.63) is 47.2 Å². The topological polar surface area (TPSA) is 71.4 Å². The molecule has 0 atom stereocenters. The Hall–Kier alpha value is -2.36. The van der Waals surface area contributed by atoms with Gasteiger partial charge in [-0.15, -0.1) is 0 Å². The van der Waals surface area contributed by atoms with E-state index < -0.39 is 0 Å². The summed E-state index contributed by atoms with van der Waals surface area (Å²) in [6.45, 7) is 6.96. The number of piperazine rings is 1. The molecule has 1 aromatic carbocycles. The summed E-state index contributed by atoms with van der Waals surface area (Å²) in [4.78, 5) is 16.6. The van der Waals surface area contributed by atoms with Gasteiger partial charge in [-0.1, -0.05) is 24.3 Å². The molecule has 6 heteroatoms. The highest BCUT2D eigenvalue weighted by atomic mass is 16.1. The molecule has 0 aromatic heterocycles.